The van der Waals surface area contributed by atoms with Crippen molar-refractivity contribution in [2.24, 2.45) is 5.11 Å². The molecule has 2 rings (SSSR count). The van der Waals surface area contributed by atoms with Gasteiger partial charge in [0.2, 0.25) is 5.91 Å². The van der Waals surface area contributed by atoms with E-state index in [2.05, 4.69) is 27.3 Å². The van der Waals surface area contributed by atoms with E-state index in [1.807, 2.05) is 0 Å². The molecule has 1 aliphatic heterocycles. The number of carbonyl (C=O) groups is 1. The number of ether oxygens (including phenoxy) is 2. The fourth-order valence-electron chi connectivity index (χ4n) is 5.77. The molecule has 5 atom stereocenters. The molecule has 15 nitrogen and oxygen atoms in total. The van der Waals surface area contributed by atoms with Crippen LogP contribution in [0.3, 0.4) is 0 Å². The van der Waals surface area contributed by atoms with Crippen LogP contribution in [0.1, 0.15) is 135 Å². The van der Waals surface area contributed by atoms with Gasteiger partial charge in [0.1, 0.15) is 6.23 Å². The zero-order valence-corrected chi connectivity index (χ0v) is 33.5. The van der Waals surface area contributed by atoms with Gasteiger partial charge in [0.25, 0.3) is 13.4 Å². The van der Waals surface area contributed by atoms with Gasteiger partial charge >= 0.3 is 35.2 Å². The number of nitrogens with one attached hydrogen (secondary N) is 2. The summed E-state index contributed by atoms with van der Waals surface area (Å²) in [6.45, 7) is 4.95. The van der Waals surface area contributed by atoms with Crippen molar-refractivity contribution in [1.29, 1.82) is 0 Å². The zero-order chi connectivity index (χ0) is 35.9. The molecule has 1 aromatic rings. The number of hydrogen-bond donors (Lipinski definition) is 2. The van der Waals surface area contributed by atoms with E-state index in [9.17, 15) is 23.8 Å². The molecule has 1 saturated heterocycles. The molecular formula is C33H58N6NaO9P. The first kappa shape index (κ1) is 46.5. The first-order valence-electron chi connectivity index (χ1n) is 18.1. The molecule has 2 unspecified atom stereocenters. The number of H-pyrrole nitrogens is 1. The molecule has 1 amide bonds. The van der Waals surface area contributed by atoms with E-state index in [0.717, 1.165) is 23.8 Å². The van der Waals surface area contributed by atoms with Crippen LogP contribution in [0.2, 0.25) is 0 Å². The van der Waals surface area contributed by atoms with Crippen molar-refractivity contribution in [3.63, 3.8) is 0 Å². The second-order valence-corrected chi connectivity index (χ2v) is 14.1. The molecule has 0 aliphatic carbocycles. The summed E-state index contributed by atoms with van der Waals surface area (Å²) in [5.41, 5.74) is 7.97. The van der Waals surface area contributed by atoms with Crippen molar-refractivity contribution in [3.05, 3.63) is 43.0 Å². The van der Waals surface area contributed by atoms with Gasteiger partial charge in [-0.05, 0) is 25.8 Å². The van der Waals surface area contributed by atoms with E-state index >= 15 is 0 Å². The van der Waals surface area contributed by atoms with Crippen molar-refractivity contribution in [1.82, 2.24) is 14.9 Å². The number of aromatic nitrogens is 2. The van der Waals surface area contributed by atoms with Gasteiger partial charge in [0.15, 0.2) is 0 Å². The Morgan fingerprint density at radius 2 is 1.64 bits per heavy atom. The predicted octanol–water partition coefficient (Wildman–Crippen LogP) is 3.10. The van der Waals surface area contributed by atoms with Crippen LogP contribution >= 0.6 is 7.82 Å². The number of nitrogens with zero attached hydrogens (tertiary/aromatic N) is 4. The number of phosphoric ester groups is 1. The molecule has 2 heterocycles. The molecular weight excluding hydrogens is 678 g/mol. The number of amides is 1. The Balaban J connectivity index is 0.0000125. The standard InChI is InChI=1S/C33H59N6O9P.Na/c1-4-6-7-8-9-10-11-12-13-14-15-16-17-18-19-20-30(40)35-22-27(45-5-2)24-46-49(43,44)47-25-29-28(37-38-34)21-31(48-29)39-23-26(3)32(41)36-33(39)42;/h23,27-29,31H,4-22,24-25H2,1-3H3,(H,35,40)(H,43,44)(H,36,41,42);/q;+1/p-1/t27?,28-,29+,31+;/m0./s1. The molecule has 1 aromatic heterocycles. The van der Waals surface area contributed by atoms with E-state index in [1.54, 1.807) is 6.92 Å². The Morgan fingerprint density at radius 3 is 2.20 bits per heavy atom. The molecule has 280 valence electrons. The number of azide groups is 1. The smallest absolute Gasteiger partial charge is 0.756 e. The van der Waals surface area contributed by atoms with Crippen LogP contribution < -0.4 is 51.0 Å². The summed E-state index contributed by atoms with van der Waals surface area (Å²) in [5, 5.41) is 6.44. The number of aryl methyl sites for hydroxylation is 1. The van der Waals surface area contributed by atoms with Crippen molar-refractivity contribution in [3.8, 4) is 0 Å². The molecule has 0 spiro atoms. The minimum Gasteiger partial charge on any atom is -0.756 e. The second-order valence-electron chi connectivity index (χ2n) is 12.7. The van der Waals surface area contributed by atoms with Crippen LogP contribution in [-0.2, 0) is 27.9 Å². The van der Waals surface area contributed by atoms with Gasteiger partial charge in [0, 0.05) is 42.7 Å². The summed E-state index contributed by atoms with van der Waals surface area (Å²) in [7, 11) is -4.85. The minimum absolute atomic E-state index is 0. The second kappa shape index (κ2) is 27.1. The number of rotatable bonds is 28. The number of phosphoric acid groups is 1. The monoisotopic (exact) mass is 736 g/mol. The molecule has 0 aromatic carbocycles. The maximum atomic E-state index is 12.5. The van der Waals surface area contributed by atoms with Crippen molar-refractivity contribution in [2.45, 2.75) is 154 Å². The van der Waals surface area contributed by atoms with Crippen LogP contribution in [0, 0.1) is 6.92 Å². The molecule has 50 heavy (non-hydrogen) atoms. The average molecular weight is 737 g/mol. The van der Waals surface area contributed by atoms with Gasteiger partial charge < -0.3 is 28.7 Å². The summed E-state index contributed by atoms with van der Waals surface area (Å²) < 4.78 is 35.0. The van der Waals surface area contributed by atoms with Gasteiger partial charge in [-0.3, -0.25) is 23.7 Å². The summed E-state index contributed by atoms with van der Waals surface area (Å²) in [6.07, 6.45) is 17.9. The quantitative estimate of drug-likeness (QED) is 0.0323. The van der Waals surface area contributed by atoms with Gasteiger partial charge in [0.05, 0.1) is 31.5 Å². The van der Waals surface area contributed by atoms with Crippen molar-refractivity contribution < 1.29 is 62.3 Å². The Kier molecular flexibility index (Phi) is 25.3. The molecule has 17 heteroatoms. The molecule has 1 aliphatic rings. The topological polar surface area (TPSA) is 210 Å². The molecule has 0 bridgehead atoms. The van der Waals surface area contributed by atoms with Crippen LogP contribution in [0.4, 0.5) is 0 Å². The maximum absolute atomic E-state index is 12.5. The Bertz CT molecular complexity index is 1310. The number of carbonyl (C=O) groups excluding carboxylic acids is 1. The fourth-order valence-corrected chi connectivity index (χ4v) is 6.53. The van der Waals surface area contributed by atoms with Crippen LogP contribution in [0.15, 0.2) is 20.9 Å². The van der Waals surface area contributed by atoms with Gasteiger partial charge in [-0.2, -0.15) is 0 Å². The van der Waals surface area contributed by atoms with Crippen molar-refractivity contribution >= 4 is 13.7 Å². The number of unbranched alkanes of at least 4 members (excludes halogenated alkanes) is 14. The third-order valence-electron chi connectivity index (χ3n) is 8.61. The average Bonchev–Trinajstić information content (AvgIpc) is 3.47. The number of aromatic amines is 1. The van der Waals surface area contributed by atoms with E-state index in [1.165, 1.54) is 90.2 Å². The Hall–Kier alpha value is -1.51. The third kappa shape index (κ3) is 19.4. The zero-order valence-electron chi connectivity index (χ0n) is 30.6. The summed E-state index contributed by atoms with van der Waals surface area (Å²) >= 11 is 0. The number of hydrogen-bond acceptors (Lipinski definition) is 10. The van der Waals surface area contributed by atoms with E-state index < -0.39 is 50.2 Å². The Morgan fingerprint density at radius 1 is 1.06 bits per heavy atom. The largest absolute Gasteiger partial charge is 1.00 e. The summed E-state index contributed by atoms with van der Waals surface area (Å²) in [5.74, 6) is -0.130. The first-order chi connectivity index (χ1) is 23.6. The predicted molar refractivity (Wildman–Crippen MR) is 185 cm³/mol. The van der Waals surface area contributed by atoms with Crippen LogP contribution in [0.25, 0.3) is 10.4 Å². The summed E-state index contributed by atoms with van der Waals surface area (Å²) in [6, 6.07) is -0.843. The molecule has 2 N–H and O–H groups in total. The normalized spacial score (nSPS) is 18.9. The third-order valence-corrected chi connectivity index (χ3v) is 9.54. The van der Waals surface area contributed by atoms with Gasteiger partial charge in [-0.15, -0.1) is 0 Å². The van der Waals surface area contributed by atoms with Gasteiger partial charge in [-0.25, -0.2) is 4.79 Å². The van der Waals surface area contributed by atoms with Crippen LogP contribution in [-0.4, -0.2) is 60.1 Å². The summed E-state index contributed by atoms with van der Waals surface area (Å²) in [4.78, 5) is 53.8. The maximum Gasteiger partial charge on any atom is 1.00 e. The first-order valence-corrected chi connectivity index (χ1v) is 19.6. The van der Waals surface area contributed by atoms with Crippen molar-refractivity contribution in [2.75, 3.05) is 26.4 Å². The molecule has 1 fully saturated rings. The molecule has 0 saturated carbocycles. The molecule has 0 radical (unpaired) electrons. The van der Waals surface area contributed by atoms with Gasteiger partial charge in [-0.1, -0.05) is 102 Å². The van der Waals surface area contributed by atoms with E-state index in [4.69, 9.17) is 24.1 Å². The minimum atomic E-state index is -4.85. The Labute approximate surface area is 318 Å². The fraction of sp³-hybridized carbons (Fsp3) is 0.848. The van der Waals surface area contributed by atoms with E-state index in [0.29, 0.717) is 6.42 Å². The SMILES string of the molecule is CCCCCCCCCCCCCCCCCC(=O)NCC(COP(=O)([O-])OC[C@H]1O[C@@H](n2cc(C)c(=O)[nH]c2=O)C[C@@H]1N=[N+]=[N-])OCC.[Na+]. The van der Waals surface area contributed by atoms with Crippen LogP contribution in [0.5, 0.6) is 0 Å². The van der Waals surface area contributed by atoms with E-state index in [-0.39, 0.29) is 67.2 Å².